The maximum atomic E-state index is 13.1. The number of nitrogens with one attached hydrogen (secondary N) is 1. The lowest BCUT2D eigenvalue weighted by Gasteiger charge is -2.51. The van der Waals surface area contributed by atoms with E-state index in [1.54, 1.807) is 0 Å². The van der Waals surface area contributed by atoms with Crippen LogP contribution >= 0.6 is 11.8 Å². The molecule has 4 nitrogen and oxygen atoms in total. The Morgan fingerprint density at radius 2 is 2.14 bits per heavy atom. The van der Waals surface area contributed by atoms with Crippen LogP contribution in [0.25, 0.3) is 0 Å². The SMILES string of the molecule is O=C1c2ccccc2NC2(CCSCC2)N1CC1CCCO1. The zero-order chi connectivity index (χ0) is 15.0. The second-order valence-electron chi connectivity index (χ2n) is 6.37. The van der Waals surface area contributed by atoms with Gasteiger partial charge in [0.05, 0.1) is 11.7 Å². The van der Waals surface area contributed by atoms with Crippen LogP contribution < -0.4 is 5.32 Å². The molecule has 0 saturated carbocycles. The Labute approximate surface area is 135 Å². The fraction of sp³-hybridized carbons (Fsp3) is 0.588. The van der Waals surface area contributed by atoms with E-state index in [0.717, 1.165) is 55.0 Å². The number of anilines is 1. The van der Waals surface area contributed by atoms with E-state index in [1.807, 2.05) is 36.0 Å². The van der Waals surface area contributed by atoms with Crippen LogP contribution in [0.4, 0.5) is 5.69 Å². The monoisotopic (exact) mass is 318 g/mol. The first-order valence-electron chi connectivity index (χ1n) is 8.17. The van der Waals surface area contributed by atoms with Crippen LogP contribution in [0.3, 0.4) is 0 Å². The van der Waals surface area contributed by atoms with Crippen LogP contribution in [-0.4, -0.2) is 47.2 Å². The summed E-state index contributed by atoms with van der Waals surface area (Å²) in [7, 11) is 0. The molecule has 1 aromatic carbocycles. The van der Waals surface area contributed by atoms with Crippen molar-refractivity contribution in [1.82, 2.24) is 4.90 Å². The Bertz CT molecular complexity index is 566. The molecule has 4 rings (SSSR count). The van der Waals surface area contributed by atoms with Gasteiger partial charge in [0.25, 0.3) is 5.91 Å². The molecule has 3 aliphatic heterocycles. The summed E-state index contributed by atoms with van der Waals surface area (Å²) in [5.74, 6) is 2.37. The Morgan fingerprint density at radius 1 is 1.32 bits per heavy atom. The highest BCUT2D eigenvalue weighted by molar-refractivity contribution is 7.99. The van der Waals surface area contributed by atoms with Crippen LogP contribution in [0.1, 0.15) is 36.0 Å². The highest BCUT2D eigenvalue weighted by Crippen LogP contribution is 2.40. The summed E-state index contributed by atoms with van der Waals surface area (Å²) < 4.78 is 5.80. The number of fused-ring (bicyclic) bond motifs is 1. The molecule has 1 N–H and O–H groups in total. The third-order valence-electron chi connectivity index (χ3n) is 5.02. The molecule has 0 bridgehead atoms. The van der Waals surface area contributed by atoms with Gasteiger partial charge in [-0.05, 0) is 49.3 Å². The molecule has 2 saturated heterocycles. The second kappa shape index (κ2) is 5.78. The summed E-state index contributed by atoms with van der Waals surface area (Å²) in [5.41, 5.74) is 1.56. The topological polar surface area (TPSA) is 41.6 Å². The fourth-order valence-corrected chi connectivity index (χ4v) is 4.96. The summed E-state index contributed by atoms with van der Waals surface area (Å²) in [6.45, 7) is 1.55. The summed E-state index contributed by atoms with van der Waals surface area (Å²) in [6.07, 6.45) is 4.38. The number of benzene rings is 1. The molecule has 1 spiro atoms. The van der Waals surface area contributed by atoms with E-state index >= 15 is 0 Å². The van der Waals surface area contributed by atoms with Gasteiger partial charge in [-0.2, -0.15) is 11.8 Å². The van der Waals surface area contributed by atoms with Crippen molar-refractivity contribution in [3.8, 4) is 0 Å². The highest BCUT2D eigenvalue weighted by Gasteiger charge is 2.46. The van der Waals surface area contributed by atoms with Gasteiger partial charge in [-0.25, -0.2) is 0 Å². The third kappa shape index (κ3) is 2.40. The van der Waals surface area contributed by atoms with Crippen molar-refractivity contribution in [3.63, 3.8) is 0 Å². The number of carbonyl (C=O) groups excluding carboxylic acids is 1. The number of hydrogen-bond acceptors (Lipinski definition) is 4. The lowest BCUT2D eigenvalue weighted by molar-refractivity contribution is 0.0188. The minimum Gasteiger partial charge on any atom is -0.376 e. The smallest absolute Gasteiger partial charge is 0.257 e. The molecule has 22 heavy (non-hydrogen) atoms. The minimum absolute atomic E-state index is 0.164. The van der Waals surface area contributed by atoms with E-state index in [2.05, 4.69) is 10.2 Å². The molecule has 0 aliphatic carbocycles. The summed E-state index contributed by atoms with van der Waals surface area (Å²) in [5, 5.41) is 3.70. The van der Waals surface area contributed by atoms with Gasteiger partial charge in [0.15, 0.2) is 0 Å². The quantitative estimate of drug-likeness (QED) is 0.910. The van der Waals surface area contributed by atoms with Crippen molar-refractivity contribution in [2.45, 2.75) is 37.5 Å². The summed E-state index contributed by atoms with van der Waals surface area (Å²) in [4.78, 5) is 15.2. The molecule has 0 aromatic heterocycles. The molecule has 118 valence electrons. The van der Waals surface area contributed by atoms with Crippen molar-refractivity contribution < 1.29 is 9.53 Å². The van der Waals surface area contributed by atoms with Gasteiger partial charge in [-0.1, -0.05) is 12.1 Å². The number of para-hydroxylation sites is 1. The molecular weight excluding hydrogens is 296 g/mol. The first-order chi connectivity index (χ1) is 10.8. The maximum Gasteiger partial charge on any atom is 0.257 e. The first-order valence-corrected chi connectivity index (χ1v) is 9.32. The predicted octanol–water partition coefficient (Wildman–Crippen LogP) is 2.96. The van der Waals surface area contributed by atoms with Crippen molar-refractivity contribution in [2.24, 2.45) is 0 Å². The number of thioether (sulfide) groups is 1. The van der Waals surface area contributed by atoms with Crippen LogP contribution in [-0.2, 0) is 4.74 Å². The fourth-order valence-electron chi connectivity index (χ4n) is 3.79. The minimum atomic E-state index is -0.220. The van der Waals surface area contributed by atoms with Gasteiger partial charge in [0.1, 0.15) is 5.66 Å². The van der Waals surface area contributed by atoms with Crippen LogP contribution in [0.5, 0.6) is 0 Å². The van der Waals surface area contributed by atoms with E-state index in [0.29, 0.717) is 6.54 Å². The molecule has 1 atom stereocenters. The van der Waals surface area contributed by atoms with Gasteiger partial charge >= 0.3 is 0 Å². The Balaban J connectivity index is 1.69. The van der Waals surface area contributed by atoms with Crippen LogP contribution in [0, 0.1) is 0 Å². The summed E-state index contributed by atoms with van der Waals surface area (Å²) in [6, 6.07) is 7.90. The molecule has 5 heteroatoms. The van der Waals surface area contributed by atoms with E-state index < -0.39 is 0 Å². The van der Waals surface area contributed by atoms with Crippen molar-refractivity contribution in [1.29, 1.82) is 0 Å². The van der Waals surface area contributed by atoms with Crippen LogP contribution in [0.2, 0.25) is 0 Å². The number of rotatable bonds is 2. The van der Waals surface area contributed by atoms with Crippen molar-refractivity contribution in [2.75, 3.05) is 30.0 Å². The first kappa shape index (κ1) is 14.4. The molecule has 3 heterocycles. The lowest BCUT2D eigenvalue weighted by Crippen LogP contribution is -2.63. The molecular formula is C17H22N2O2S. The molecule has 1 amide bonds. The van der Waals surface area contributed by atoms with Gasteiger partial charge in [0.2, 0.25) is 0 Å². The zero-order valence-electron chi connectivity index (χ0n) is 12.7. The molecule has 3 aliphatic rings. The summed E-state index contributed by atoms with van der Waals surface area (Å²) >= 11 is 1.98. The second-order valence-corrected chi connectivity index (χ2v) is 7.59. The maximum absolute atomic E-state index is 13.1. The molecule has 1 unspecified atom stereocenters. The predicted molar refractivity (Wildman–Crippen MR) is 89.4 cm³/mol. The third-order valence-corrected chi connectivity index (χ3v) is 6.00. The Morgan fingerprint density at radius 3 is 2.91 bits per heavy atom. The molecule has 1 aromatic rings. The highest BCUT2D eigenvalue weighted by atomic mass is 32.2. The number of ether oxygens (including phenoxy) is 1. The van der Waals surface area contributed by atoms with Gasteiger partial charge < -0.3 is 15.0 Å². The van der Waals surface area contributed by atoms with Crippen molar-refractivity contribution in [3.05, 3.63) is 29.8 Å². The molecule has 2 fully saturated rings. The zero-order valence-corrected chi connectivity index (χ0v) is 13.5. The largest absolute Gasteiger partial charge is 0.376 e. The van der Waals surface area contributed by atoms with E-state index in [1.165, 1.54) is 0 Å². The lowest BCUT2D eigenvalue weighted by atomic mass is 9.93. The number of nitrogens with zero attached hydrogens (tertiary/aromatic N) is 1. The molecule has 0 radical (unpaired) electrons. The van der Waals surface area contributed by atoms with Gasteiger partial charge in [-0.15, -0.1) is 0 Å². The van der Waals surface area contributed by atoms with Crippen molar-refractivity contribution >= 4 is 23.4 Å². The number of hydrogen-bond donors (Lipinski definition) is 1. The standard InChI is InChI=1S/C17H22N2O2S/c20-16-14-5-1-2-6-15(14)18-17(7-10-22-11-8-17)19(16)12-13-4-3-9-21-13/h1-2,5-6,13,18H,3-4,7-12H2. The average Bonchev–Trinajstić information content (AvgIpc) is 3.06. The average molecular weight is 318 g/mol. The van der Waals surface area contributed by atoms with E-state index in [4.69, 9.17) is 4.74 Å². The number of amides is 1. The van der Waals surface area contributed by atoms with Crippen LogP contribution in [0.15, 0.2) is 24.3 Å². The Kier molecular flexibility index (Phi) is 3.78. The Hall–Kier alpha value is -1.20. The van der Waals surface area contributed by atoms with E-state index in [-0.39, 0.29) is 17.7 Å². The van der Waals surface area contributed by atoms with E-state index in [9.17, 15) is 4.79 Å². The number of carbonyl (C=O) groups is 1. The van der Waals surface area contributed by atoms with Gasteiger partial charge in [0, 0.05) is 18.8 Å². The normalized spacial score (nSPS) is 26.8. The van der Waals surface area contributed by atoms with Gasteiger partial charge in [-0.3, -0.25) is 4.79 Å².